The molecule has 1 aliphatic heterocycles. The molecule has 2 heterocycles. The van der Waals surface area contributed by atoms with Crippen molar-refractivity contribution in [2.24, 2.45) is 5.92 Å². The van der Waals surface area contributed by atoms with E-state index in [1.807, 2.05) is 60.8 Å². The minimum Gasteiger partial charge on any atom is -0.355 e. The van der Waals surface area contributed by atoms with Crippen molar-refractivity contribution in [1.29, 1.82) is 0 Å². The zero-order valence-electron chi connectivity index (χ0n) is 14.6. The van der Waals surface area contributed by atoms with Gasteiger partial charge in [-0.15, -0.1) is 0 Å². The van der Waals surface area contributed by atoms with Gasteiger partial charge in [-0.2, -0.15) is 0 Å². The average Bonchev–Trinajstić information content (AvgIpc) is 2.72. The number of rotatable bonds is 4. The summed E-state index contributed by atoms with van der Waals surface area (Å²) in [6.45, 7) is 2.18. The first-order valence-corrected chi connectivity index (χ1v) is 9.08. The first-order valence-electron chi connectivity index (χ1n) is 9.08. The maximum atomic E-state index is 12.6. The molecule has 1 atom stereocenters. The Hall–Kier alpha value is -2.95. The van der Waals surface area contributed by atoms with Crippen molar-refractivity contribution in [3.63, 3.8) is 0 Å². The van der Waals surface area contributed by atoms with E-state index in [0.717, 1.165) is 41.8 Å². The highest BCUT2D eigenvalue weighted by Gasteiger charge is 2.26. The lowest BCUT2D eigenvalue weighted by atomic mass is 9.97. The van der Waals surface area contributed by atoms with Crippen molar-refractivity contribution in [3.05, 3.63) is 66.4 Å². The van der Waals surface area contributed by atoms with Crippen molar-refractivity contribution in [1.82, 2.24) is 15.3 Å². The zero-order valence-corrected chi connectivity index (χ0v) is 14.6. The summed E-state index contributed by atoms with van der Waals surface area (Å²) in [5.74, 6) is 0.956. The van der Waals surface area contributed by atoms with E-state index in [1.54, 1.807) is 0 Å². The third-order valence-electron chi connectivity index (χ3n) is 4.86. The van der Waals surface area contributed by atoms with Gasteiger partial charge in [0.15, 0.2) is 0 Å². The van der Waals surface area contributed by atoms with Gasteiger partial charge in [-0.25, -0.2) is 4.98 Å². The molecule has 0 saturated carbocycles. The molecule has 0 radical (unpaired) electrons. The normalized spacial score (nSPS) is 17.2. The van der Waals surface area contributed by atoms with Crippen molar-refractivity contribution in [2.45, 2.75) is 19.4 Å². The molecule has 2 aromatic carbocycles. The topological polar surface area (TPSA) is 58.1 Å². The molecule has 1 unspecified atom stereocenters. The van der Waals surface area contributed by atoms with Gasteiger partial charge in [0.1, 0.15) is 5.82 Å². The van der Waals surface area contributed by atoms with Gasteiger partial charge >= 0.3 is 0 Å². The summed E-state index contributed by atoms with van der Waals surface area (Å²) in [5.41, 5.74) is 2.90. The lowest BCUT2D eigenvalue weighted by molar-refractivity contribution is -0.125. The number of fused-ring (bicyclic) bond motifs is 1. The fraction of sp³-hybridized carbons (Fsp3) is 0.286. The maximum Gasteiger partial charge on any atom is 0.225 e. The number of nitrogens with zero attached hydrogens (tertiary/aromatic N) is 3. The van der Waals surface area contributed by atoms with E-state index in [1.165, 1.54) is 0 Å². The quantitative estimate of drug-likeness (QED) is 0.788. The second kappa shape index (κ2) is 7.52. The number of carbonyl (C=O) groups is 1. The molecule has 0 spiro atoms. The Morgan fingerprint density at radius 3 is 2.69 bits per heavy atom. The minimum atomic E-state index is -0.0132. The van der Waals surface area contributed by atoms with Crippen molar-refractivity contribution >= 4 is 22.8 Å². The fourth-order valence-electron chi connectivity index (χ4n) is 3.43. The van der Waals surface area contributed by atoms with Gasteiger partial charge in [0.25, 0.3) is 0 Å². The fourth-order valence-corrected chi connectivity index (χ4v) is 3.43. The molecule has 1 fully saturated rings. The molecular formula is C21H22N4O. The van der Waals surface area contributed by atoms with Gasteiger partial charge < -0.3 is 10.2 Å². The van der Waals surface area contributed by atoms with E-state index in [2.05, 4.69) is 15.2 Å². The molecule has 1 aromatic heterocycles. The highest BCUT2D eigenvalue weighted by molar-refractivity contribution is 5.80. The van der Waals surface area contributed by atoms with Crippen LogP contribution >= 0.6 is 0 Å². The number of hydrogen-bond acceptors (Lipinski definition) is 4. The summed E-state index contributed by atoms with van der Waals surface area (Å²) in [5, 5.41) is 3.07. The Balaban J connectivity index is 1.42. The zero-order chi connectivity index (χ0) is 17.8. The molecule has 1 saturated heterocycles. The highest BCUT2D eigenvalue weighted by Crippen LogP contribution is 2.23. The molecule has 0 aliphatic carbocycles. The van der Waals surface area contributed by atoms with Gasteiger partial charge in [-0.05, 0) is 30.5 Å². The lowest BCUT2D eigenvalue weighted by Gasteiger charge is -2.32. The van der Waals surface area contributed by atoms with Gasteiger partial charge in [0, 0.05) is 19.6 Å². The molecule has 132 valence electrons. The molecule has 5 heteroatoms. The molecule has 3 aromatic rings. The molecule has 1 N–H and O–H groups in total. The second-order valence-electron chi connectivity index (χ2n) is 6.71. The third-order valence-corrected chi connectivity index (χ3v) is 4.86. The SMILES string of the molecule is O=C(NCc1ccccc1)C1CCCN(c2cnc3ccccc3n2)C1. The van der Waals surface area contributed by atoms with Crippen molar-refractivity contribution in [2.75, 3.05) is 18.0 Å². The van der Waals surface area contributed by atoms with Crippen LogP contribution in [0.2, 0.25) is 0 Å². The van der Waals surface area contributed by atoms with Gasteiger partial charge in [0.05, 0.1) is 23.1 Å². The summed E-state index contributed by atoms with van der Waals surface area (Å²) < 4.78 is 0. The largest absolute Gasteiger partial charge is 0.355 e. The molecular weight excluding hydrogens is 324 g/mol. The van der Waals surface area contributed by atoms with Crippen LogP contribution in [0.15, 0.2) is 60.8 Å². The number of hydrogen-bond donors (Lipinski definition) is 1. The smallest absolute Gasteiger partial charge is 0.225 e. The number of aromatic nitrogens is 2. The molecule has 26 heavy (non-hydrogen) atoms. The number of anilines is 1. The molecule has 1 aliphatic rings. The molecule has 4 rings (SSSR count). The summed E-state index contributed by atoms with van der Waals surface area (Å²) in [6, 6.07) is 17.9. The van der Waals surface area contributed by atoms with Crippen LogP contribution in [-0.2, 0) is 11.3 Å². The number of amides is 1. The Labute approximate surface area is 153 Å². The molecule has 0 bridgehead atoms. The molecule has 5 nitrogen and oxygen atoms in total. The van der Waals surface area contributed by atoms with Gasteiger partial charge in [-0.3, -0.25) is 9.78 Å². The first-order chi connectivity index (χ1) is 12.8. The monoisotopic (exact) mass is 346 g/mol. The Kier molecular flexibility index (Phi) is 4.78. The number of benzene rings is 2. The van der Waals surface area contributed by atoms with Crippen LogP contribution < -0.4 is 10.2 Å². The van der Waals surface area contributed by atoms with Crippen LogP contribution in [0.3, 0.4) is 0 Å². The summed E-state index contributed by atoms with van der Waals surface area (Å²) in [6.07, 6.45) is 3.71. The predicted molar refractivity (Wildman–Crippen MR) is 103 cm³/mol. The summed E-state index contributed by atoms with van der Waals surface area (Å²) >= 11 is 0. The first kappa shape index (κ1) is 16.5. The Morgan fingerprint density at radius 2 is 1.85 bits per heavy atom. The maximum absolute atomic E-state index is 12.6. The van der Waals surface area contributed by atoms with Crippen LogP contribution in [0, 0.1) is 5.92 Å². The standard InChI is InChI=1S/C21H22N4O/c26-21(23-13-16-7-2-1-3-8-16)17-9-6-12-25(15-17)20-14-22-18-10-4-5-11-19(18)24-20/h1-5,7-8,10-11,14,17H,6,9,12-13,15H2,(H,23,26). The lowest BCUT2D eigenvalue weighted by Crippen LogP contribution is -2.43. The van der Waals surface area contributed by atoms with E-state index in [-0.39, 0.29) is 11.8 Å². The number of carbonyl (C=O) groups excluding carboxylic acids is 1. The average molecular weight is 346 g/mol. The van der Waals surface area contributed by atoms with E-state index >= 15 is 0 Å². The van der Waals surface area contributed by atoms with Crippen LogP contribution in [0.5, 0.6) is 0 Å². The number of nitrogens with one attached hydrogen (secondary N) is 1. The highest BCUT2D eigenvalue weighted by atomic mass is 16.1. The van der Waals surface area contributed by atoms with Crippen molar-refractivity contribution in [3.8, 4) is 0 Å². The van der Waals surface area contributed by atoms with E-state index < -0.39 is 0 Å². The minimum absolute atomic E-state index is 0.0132. The van der Waals surface area contributed by atoms with Crippen LogP contribution in [-0.4, -0.2) is 29.0 Å². The van der Waals surface area contributed by atoms with Gasteiger partial charge in [0.2, 0.25) is 5.91 Å². The van der Waals surface area contributed by atoms with Crippen molar-refractivity contribution < 1.29 is 4.79 Å². The second-order valence-corrected chi connectivity index (χ2v) is 6.71. The number of piperidine rings is 1. The van der Waals surface area contributed by atoms with E-state index in [4.69, 9.17) is 4.98 Å². The van der Waals surface area contributed by atoms with E-state index in [9.17, 15) is 4.79 Å². The predicted octanol–water partition coefficient (Wildman–Crippen LogP) is 3.16. The summed E-state index contributed by atoms with van der Waals surface area (Å²) in [4.78, 5) is 24.0. The summed E-state index contributed by atoms with van der Waals surface area (Å²) in [7, 11) is 0. The van der Waals surface area contributed by atoms with Gasteiger partial charge in [-0.1, -0.05) is 42.5 Å². The third kappa shape index (κ3) is 3.67. The molecule has 1 amide bonds. The van der Waals surface area contributed by atoms with Crippen LogP contribution in [0.4, 0.5) is 5.82 Å². The van der Waals surface area contributed by atoms with E-state index in [0.29, 0.717) is 13.1 Å². The Morgan fingerprint density at radius 1 is 1.08 bits per heavy atom. The number of para-hydroxylation sites is 2. The van der Waals surface area contributed by atoms with Crippen LogP contribution in [0.25, 0.3) is 11.0 Å². The Bertz CT molecular complexity index is 897. The van der Waals surface area contributed by atoms with Crippen LogP contribution in [0.1, 0.15) is 18.4 Å².